The lowest BCUT2D eigenvalue weighted by Crippen LogP contribution is -2.56. The van der Waals surface area contributed by atoms with Crippen LogP contribution in [0.5, 0.6) is 0 Å². The number of benzene rings is 2. The van der Waals surface area contributed by atoms with Crippen LogP contribution in [0.1, 0.15) is 43.7 Å². The van der Waals surface area contributed by atoms with Gasteiger partial charge < -0.3 is 10.6 Å². The summed E-state index contributed by atoms with van der Waals surface area (Å²) in [6.45, 7) is 7.16. The maximum Gasteiger partial charge on any atom is 0.237 e. The Balaban J connectivity index is 1.64. The molecule has 0 spiro atoms. The molecule has 0 radical (unpaired) electrons. The van der Waals surface area contributed by atoms with Crippen molar-refractivity contribution in [3.8, 4) is 0 Å². The Morgan fingerprint density at radius 2 is 1.67 bits per heavy atom. The number of hydrogen-bond donors (Lipinski definition) is 2. The second-order valence-electron chi connectivity index (χ2n) is 8.41. The van der Waals surface area contributed by atoms with E-state index in [1.165, 1.54) is 0 Å². The Hall–Kier alpha value is -2.66. The Morgan fingerprint density at radius 1 is 1.07 bits per heavy atom. The average molecular weight is 408 g/mol. The van der Waals surface area contributed by atoms with Crippen molar-refractivity contribution in [3.05, 3.63) is 71.8 Å². The van der Waals surface area contributed by atoms with Crippen molar-refractivity contribution in [2.45, 2.75) is 38.6 Å². The molecule has 2 N–H and O–H groups in total. The van der Waals surface area contributed by atoms with Crippen LogP contribution >= 0.6 is 0 Å². The van der Waals surface area contributed by atoms with Crippen molar-refractivity contribution in [2.24, 2.45) is 5.92 Å². The first-order chi connectivity index (χ1) is 14.5. The average Bonchev–Trinajstić information content (AvgIpc) is 2.76. The lowest BCUT2D eigenvalue weighted by molar-refractivity contribution is -0.134. The van der Waals surface area contributed by atoms with Crippen LogP contribution in [-0.4, -0.2) is 48.9 Å². The van der Waals surface area contributed by atoms with Gasteiger partial charge in [0.25, 0.3) is 0 Å². The summed E-state index contributed by atoms with van der Waals surface area (Å²) < 4.78 is 0. The molecule has 0 aliphatic carbocycles. The normalized spacial score (nSPS) is 17.2. The fourth-order valence-corrected chi connectivity index (χ4v) is 3.94. The van der Waals surface area contributed by atoms with E-state index < -0.39 is 0 Å². The van der Waals surface area contributed by atoms with Crippen LogP contribution in [0, 0.1) is 5.92 Å². The van der Waals surface area contributed by atoms with Gasteiger partial charge in [0.2, 0.25) is 11.8 Å². The fourth-order valence-electron chi connectivity index (χ4n) is 3.94. The van der Waals surface area contributed by atoms with Gasteiger partial charge in [0.05, 0.1) is 12.5 Å². The molecule has 1 heterocycles. The lowest BCUT2D eigenvalue weighted by atomic mass is 9.91. The maximum atomic E-state index is 12.8. The number of amides is 2. The van der Waals surface area contributed by atoms with Gasteiger partial charge in [-0.15, -0.1) is 0 Å². The molecular weight excluding hydrogens is 374 g/mol. The van der Waals surface area contributed by atoms with Gasteiger partial charge >= 0.3 is 0 Å². The first-order valence-electron chi connectivity index (χ1n) is 10.9. The Bertz CT molecular complexity index is 768. The van der Waals surface area contributed by atoms with E-state index in [9.17, 15) is 9.59 Å². The minimum atomic E-state index is -0.385. The summed E-state index contributed by atoms with van der Waals surface area (Å²) in [7, 11) is 0. The van der Waals surface area contributed by atoms with E-state index in [1.54, 1.807) is 0 Å². The summed E-state index contributed by atoms with van der Waals surface area (Å²) in [5.41, 5.74) is 2.33. The highest BCUT2D eigenvalue weighted by Gasteiger charge is 2.31. The fraction of sp³-hybridized carbons (Fsp3) is 0.440. The zero-order valence-electron chi connectivity index (χ0n) is 18.0. The van der Waals surface area contributed by atoms with E-state index in [1.807, 2.05) is 36.4 Å². The van der Waals surface area contributed by atoms with E-state index in [0.29, 0.717) is 19.0 Å². The summed E-state index contributed by atoms with van der Waals surface area (Å²) in [4.78, 5) is 27.4. The summed E-state index contributed by atoms with van der Waals surface area (Å²) in [5.74, 6) is 0.529. The lowest BCUT2D eigenvalue weighted by Gasteiger charge is -2.35. The van der Waals surface area contributed by atoms with Crippen molar-refractivity contribution < 1.29 is 9.59 Å². The van der Waals surface area contributed by atoms with Gasteiger partial charge in [-0.25, -0.2) is 0 Å². The smallest absolute Gasteiger partial charge is 0.237 e. The van der Waals surface area contributed by atoms with E-state index in [4.69, 9.17) is 0 Å². The summed E-state index contributed by atoms with van der Waals surface area (Å²) >= 11 is 0. The SMILES string of the molecule is CC(C)CCN1CCNC(=O)C1CC(=O)NCC(c1ccccc1)c1ccccc1. The molecule has 5 nitrogen and oxygen atoms in total. The van der Waals surface area contributed by atoms with Gasteiger partial charge in [-0.2, -0.15) is 0 Å². The van der Waals surface area contributed by atoms with Crippen LogP contribution in [0.2, 0.25) is 0 Å². The van der Waals surface area contributed by atoms with Crippen molar-refractivity contribution in [1.29, 1.82) is 0 Å². The number of nitrogens with zero attached hydrogens (tertiary/aromatic N) is 1. The molecule has 5 heteroatoms. The molecule has 1 atom stereocenters. The molecule has 1 aliphatic heterocycles. The molecule has 1 fully saturated rings. The third-order valence-electron chi connectivity index (χ3n) is 5.72. The van der Waals surface area contributed by atoms with Gasteiger partial charge in [-0.1, -0.05) is 74.5 Å². The molecule has 2 amide bonds. The van der Waals surface area contributed by atoms with E-state index in [0.717, 1.165) is 30.6 Å². The topological polar surface area (TPSA) is 61.4 Å². The number of hydrogen-bond acceptors (Lipinski definition) is 3. The molecule has 0 bridgehead atoms. The minimum absolute atomic E-state index is 0.0391. The third kappa shape index (κ3) is 6.17. The molecule has 1 saturated heterocycles. The summed E-state index contributed by atoms with van der Waals surface area (Å²) in [6, 6.07) is 20.0. The molecular formula is C25H33N3O2. The predicted octanol–water partition coefficient (Wildman–Crippen LogP) is 3.17. The van der Waals surface area contributed by atoms with Crippen LogP contribution < -0.4 is 10.6 Å². The number of nitrogens with one attached hydrogen (secondary N) is 2. The number of piperazine rings is 1. The molecule has 3 rings (SSSR count). The van der Waals surface area contributed by atoms with Crippen LogP contribution in [0.4, 0.5) is 0 Å². The maximum absolute atomic E-state index is 12.8. The van der Waals surface area contributed by atoms with Crippen LogP contribution in [0.25, 0.3) is 0 Å². The van der Waals surface area contributed by atoms with Crippen LogP contribution in [0.15, 0.2) is 60.7 Å². The highest BCUT2D eigenvalue weighted by Crippen LogP contribution is 2.23. The largest absolute Gasteiger partial charge is 0.355 e. The Labute approximate surface area is 179 Å². The van der Waals surface area contributed by atoms with Crippen molar-refractivity contribution in [2.75, 3.05) is 26.2 Å². The molecule has 160 valence electrons. The highest BCUT2D eigenvalue weighted by atomic mass is 16.2. The van der Waals surface area contributed by atoms with Gasteiger partial charge in [-0.3, -0.25) is 14.5 Å². The summed E-state index contributed by atoms with van der Waals surface area (Å²) in [6.07, 6.45) is 1.22. The molecule has 0 aromatic heterocycles. The zero-order valence-corrected chi connectivity index (χ0v) is 18.0. The van der Waals surface area contributed by atoms with E-state index in [2.05, 4.69) is 53.6 Å². The Morgan fingerprint density at radius 3 is 2.23 bits per heavy atom. The minimum Gasteiger partial charge on any atom is -0.355 e. The van der Waals surface area contributed by atoms with Crippen molar-refractivity contribution >= 4 is 11.8 Å². The molecule has 30 heavy (non-hydrogen) atoms. The van der Waals surface area contributed by atoms with Gasteiger partial charge in [-0.05, 0) is 30.0 Å². The molecule has 0 saturated carbocycles. The monoisotopic (exact) mass is 407 g/mol. The number of rotatable bonds is 9. The quantitative estimate of drug-likeness (QED) is 0.671. The van der Waals surface area contributed by atoms with Gasteiger partial charge in [0.1, 0.15) is 0 Å². The van der Waals surface area contributed by atoms with Crippen molar-refractivity contribution in [3.63, 3.8) is 0 Å². The third-order valence-corrected chi connectivity index (χ3v) is 5.72. The number of carbonyl (C=O) groups excluding carboxylic acids is 2. The molecule has 2 aromatic carbocycles. The van der Waals surface area contributed by atoms with E-state index >= 15 is 0 Å². The molecule has 1 aliphatic rings. The first-order valence-corrected chi connectivity index (χ1v) is 10.9. The van der Waals surface area contributed by atoms with Crippen LogP contribution in [-0.2, 0) is 9.59 Å². The molecule has 1 unspecified atom stereocenters. The van der Waals surface area contributed by atoms with Crippen molar-refractivity contribution in [1.82, 2.24) is 15.5 Å². The predicted molar refractivity (Wildman–Crippen MR) is 120 cm³/mol. The number of carbonyl (C=O) groups is 2. The second kappa shape index (κ2) is 10.9. The first kappa shape index (κ1) is 22.0. The van der Waals surface area contributed by atoms with Crippen LogP contribution in [0.3, 0.4) is 0 Å². The van der Waals surface area contributed by atoms with Gasteiger partial charge in [0, 0.05) is 25.6 Å². The Kier molecular flexibility index (Phi) is 8.03. The standard InChI is InChI=1S/C25H33N3O2/c1-19(2)13-15-28-16-14-26-25(30)23(28)17-24(29)27-18-22(20-9-5-3-6-10-20)21-11-7-4-8-12-21/h3-12,19,22-23H,13-18H2,1-2H3,(H,26,30)(H,27,29). The zero-order chi connectivity index (χ0) is 21.3. The molecule has 2 aromatic rings. The second-order valence-corrected chi connectivity index (χ2v) is 8.41. The van der Waals surface area contributed by atoms with Gasteiger partial charge in [0.15, 0.2) is 0 Å². The highest BCUT2D eigenvalue weighted by molar-refractivity contribution is 5.88. The summed E-state index contributed by atoms with van der Waals surface area (Å²) in [5, 5.41) is 6.00. The van der Waals surface area contributed by atoms with E-state index in [-0.39, 0.29) is 30.2 Å².